The number of ether oxygens (including phenoxy) is 1. The summed E-state index contributed by atoms with van der Waals surface area (Å²) < 4.78 is 20.6. The highest BCUT2D eigenvalue weighted by atomic mass is 32.2. The quantitative estimate of drug-likeness (QED) is 0.672. The van der Waals surface area contributed by atoms with Crippen molar-refractivity contribution in [2.75, 3.05) is 32.4 Å². The molecule has 26 heavy (non-hydrogen) atoms. The zero-order chi connectivity index (χ0) is 17.9. The highest BCUT2D eigenvalue weighted by molar-refractivity contribution is 7.81. The molecular weight excluding hydrogens is 366 g/mol. The first-order valence-corrected chi connectivity index (χ1v) is 10.9. The van der Waals surface area contributed by atoms with Crippen LogP contribution in [0.3, 0.4) is 0 Å². The van der Waals surface area contributed by atoms with Gasteiger partial charge < -0.3 is 4.74 Å². The van der Waals surface area contributed by atoms with E-state index in [1.54, 1.807) is 17.6 Å². The molecule has 1 aliphatic rings. The Morgan fingerprint density at radius 3 is 2.50 bits per heavy atom. The van der Waals surface area contributed by atoms with Gasteiger partial charge in [-0.05, 0) is 29.8 Å². The average molecular weight is 388 g/mol. The second kappa shape index (κ2) is 7.84. The molecule has 0 radical (unpaired) electrons. The number of para-hydroxylation sites is 1. The van der Waals surface area contributed by atoms with E-state index in [-0.39, 0.29) is 0 Å². The van der Waals surface area contributed by atoms with Crippen LogP contribution in [0, 0.1) is 0 Å². The van der Waals surface area contributed by atoms with Crippen molar-refractivity contribution < 1.29 is 8.95 Å². The van der Waals surface area contributed by atoms with E-state index in [1.165, 1.54) is 5.56 Å². The van der Waals surface area contributed by atoms with Gasteiger partial charge in [0.2, 0.25) is 0 Å². The van der Waals surface area contributed by atoms with E-state index in [1.807, 2.05) is 34.6 Å². The number of benzene rings is 2. The lowest BCUT2D eigenvalue weighted by Gasteiger charge is -2.33. The molecule has 1 fully saturated rings. The molecule has 0 spiro atoms. The lowest BCUT2D eigenvalue weighted by atomic mass is 10.2. The van der Waals surface area contributed by atoms with E-state index >= 15 is 0 Å². The van der Waals surface area contributed by atoms with Crippen LogP contribution in [0.5, 0.6) is 10.9 Å². The monoisotopic (exact) mass is 387 g/mol. The number of thiazole rings is 1. The van der Waals surface area contributed by atoms with E-state index in [4.69, 9.17) is 4.74 Å². The molecule has 1 aliphatic heterocycles. The Morgan fingerprint density at radius 1 is 1.08 bits per heavy atom. The van der Waals surface area contributed by atoms with Crippen molar-refractivity contribution in [2.45, 2.75) is 6.54 Å². The number of nitrogens with zero attached hydrogens (tertiary/aromatic N) is 3. The minimum Gasteiger partial charge on any atom is -0.431 e. The van der Waals surface area contributed by atoms with Gasteiger partial charge in [-0.1, -0.05) is 35.6 Å². The first-order valence-electron chi connectivity index (χ1n) is 8.60. The van der Waals surface area contributed by atoms with Crippen molar-refractivity contribution in [3.05, 3.63) is 54.1 Å². The second-order valence-electron chi connectivity index (χ2n) is 6.32. The molecule has 136 valence electrons. The smallest absolute Gasteiger partial charge is 0.279 e. The molecule has 0 aliphatic carbocycles. The molecular formula is C19H21N3O2S2. The van der Waals surface area contributed by atoms with E-state index in [0.717, 1.165) is 48.7 Å². The minimum absolute atomic E-state index is 0.669. The van der Waals surface area contributed by atoms with Gasteiger partial charge in [-0.15, -0.1) is 0 Å². The first-order chi connectivity index (χ1) is 12.7. The van der Waals surface area contributed by atoms with E-state index < -0.39 is 11.0 Å². The summed E-state index contributed by atoms with van der Waals surface area (Å²) in [7, 11) is -0.857. The third-order valence-corrected chi connectivity index (χ3v) is 6.51. The molecule has 1 unspecified atom stereocenters. The molecule has 1 aromatic heterocycles. The van der Waals surface area contributed by atoms with Gasteiger partial charge in [-0.3, -0.25) is 4.90 Å². The summed E-state index contributed by atoms with van der Waals surface area (Å²) in [6.45, 7) is 4.53. The van der Waals surface area contributed by atoms with Crippen LogP contribution in [-0.2, 0) is 17.5 Å². The molecule has 0 amide bonds. The highest BCUT2D eigenvalue weighted by Crippen LogP contribution is 2.31. The Balaban J connectivity index is 1.35. The molecule has 1 atom stereocenters. The third kappa shape index (κ3) is 4.12. The van der Waals surface area contributed by atoms with Crippen LogP contribution in [0.1, 0.15) is 5.56 Å². The minimum atomic E-state index is -0.857. The Kier molecular flexibility index (Phi) is 5.31. The van der Waals surface area contributed by atoms with Gasteiger partial charge in [-0.2, -0.15) is 0 Å². The molecule has 2 aromatic carbocycles. The van der Waals surface area contributed by atoms with E-state index in [9.17, 15) is 4.21 Å². The standard InChI is InChI=1S/C19H21N3O2S2/c1-26(23)22-12-10-21(11-13-22)14-15-6-8-16(9-7-15)24-19-20-17-4-2-3-5-18(17)25-19/h2-9H,10-14H2,1H3. The van der Waals surface area contributed by atoms with Crippen molar-refractivity contribution in [1.29, 1.82) is 0 Å². The topological polar surface area (TPSA) is 45.7 Å². The number of aromatic nitrogens is 1. The molecule has 0 N–H and O–H groups in total. The lowest BCUT2D eigenvalue weighted by Crippen LogP contribution is -2.46. The summed E-state index contributed by atoms with van der Waals surface area (Å²) in [5.41, 5.74) is 2.23. The predicted molar refractivity (Wildman–Crippen MR) is 107 cm³/mol. The Morgan fingerprint density at radius 2 is 1.81 bits per heavy atom. The molecule has 7 heteroatoms. The number of hydrogen-bond donors (Lipinski definition) is 0. The maximum atomic E-state index is 11.5. The summed E-state index contributed by atoms with van der Waals surface area (Å²) in [6, 6.07) is 16.2. The zero-order valence-electron chi connectivity index (χ0n) is 14.6. The molecule has 0 saturated carbocycles. The molecule has 4 rings (SSSR count). The first kappa shape index (κ1) is 17.6. The number of piperazine rings is 1. The van der Waals surface area contributed by atoms with Crippen molar-refractivity contribution in [1.82, 2.24) is 14.2 Å². The van der Waals surface area contributed by atoms with Crippen LogP contribution >= 0.6 is 11.3 Å². The molecule has 1 saturated heterocycles. The van der Waals surface area contributed by atoms with Gasteiger partial charge in [-0.25, -0.2) is 13.5 Å². The van der Waals surface area contributed by atoms with E-state index in [2.05, 4.69) is 28.1 Å². The van der Waals surface area contributed by atoms with Gasteiger partial charge in [0.25, 0.3) is 5.19 Å². The fourth-order valence-corrected chi connectivity index (χ4v) is 4.57. The van der Waals surface area contributed by atoms with Crippen LogP contribution in [0.2, 0.25) is 0 Å². The van der Waals surface area contributed by atoms with Crippen LogP contribution in [0.4, 0.5) is 0 Å². The van der Waals surface area contributed by atoms with Crippen molar-refractivity contribution in [3.63, 3.8) is 0 Å². The van der Waals surface area contributed by atoms with Crippen molar-refractivity contribution >= 4 is 32.5 Å². The predicted octanol–water partition coefficient (Wildman–Crippen LogP) is 3.50. The van der Waals surface area contributed by atoms with Gasteiger partial charge in [0.05, 0.1) is 21.2 Å². The van der Waals surface area contributed by atoms with Crippen molar-refractivity contribution in [2.24, 2.45) is 0 Å². The third-order valence-electron chi connectivity index (χ3n) is 4.50. The summed E-state index contributed by atoms with van der Waals surface area (Å²) in [5.74, 6) is 0.805. The van der Waals surface area contributed by atoms with Gasteiger partial charge in [0.15, 0.2) is 0 Å². The molecule has 3 aromatic rings. The number of rotatable bonds is 5. The Bertz CT molecular complexity index is 870. The van der Waals surface area contributed by atoms with Crippen LogP contribution in [-0.4, -0.2) is 50.8 Å². The molecule has 0 bridgehead atoms. The molecule has 5 nitrogen and oxygen atoms in total. The summed E-state index contributed by atoms with van der Waals surface area (Å²) in [4.78, 5) is 6.90. The van der Waals surface area contributed by atoms with Gasteiger partial charge >= 0.3 is 0 Å². The highest BCUT2D eigenvalue weighted by Gasteiger charge is 2.18. The number of hydrogen-bond acceptors (Lipinski definition) is 5. The second-order valence-corrected chi connectivity index (χ2v) is 8.68. The largest absolute Gasteiger partial charge is 0.431 e. The van der Waals surface area contributed by atoms with Gasteiger partial charge in [0.1, 0.15) is 5.75 Å². The van der Waals surface area contributed by atoms with Crippen molar-refractivity contribution in [3.8, 4) is 10.9 Å². The van der Waals surface area contributed by atoms with Gasteiger partial charge in [0, 0.05) is 39.0 Å². The SMILES string of the molecule is CS(=O)N1CCN(Cc2ccc(Oc3nc4ccccc4s3)cc2)CC1. The normalized spacial score (nSPS) is 17.4. The maximum Gasteiger partial charge on any atom is 0.279 e. The van der Waals surface area contributed by atoms with Crippen LogP contribution in [0.25, 0.3) is 10.2 Å². The number of fused-ring (bicyclic) bond motifs is 1. The van der Waals surface area contributed by atoms with E-state index in [0.29, 0.717) is 5.19 Å². The Hall–Kier alpha value is -1.80. The fourth-order valence-electron chi connectivity index (χ4n) is 3.06. The maximum absolute atomic E-state index is 11.5. The summed E-state index contributed by atoms with van der Waals surface area (Å²) in [5, 5.41) is 0.669. The van der Waals surface area contributed by atoms with Crippen LogP contribution < -0.4 is 4.74 Å². The Labute approximate surface area is 159 Å². The lowest BCUT2D eigenvalue weighted by molar-refractivity contribution is 0.186. The average Bonchev–Trinajstić information content (AvgIpc) is 3.06. The summed E-state index contributed by atoms with van der Waals surface area (Å²) in [6.07, 6.45) is 1.75. The summed E-state index contributed by atoms with van der Waals surface area (Å²) >= 11 is 1.56. The fraction of sp³-hybridized carbons (Fsp3) is 0.316. The van der Waals surface area contributed by atoms with Crippen LogP contribution in [0.15, 0.2) is 48.5 Å². The molecule has 2 heterocycles. The zero-order valence-corrected chi connectivity index (χ0v) is 16.3.